The fourth-order valence-electron chi connectivity index (χ4n) is 2.43. The Morgan fingerprint density at radius 1 is 0.909 bits per heavy atom. The lowest BCUT2D eigenvalue weighted by molar-refractivity contribution is -0.120. The van der Waals surface area contributed by atoms with Gasteiger partial charge in [-0.3, -0.25) is 9.59 Å². The summed E-state index contributed by atoms with van der Waals surface area (Å²) in [6.45, 7) is 1.93. The second-order valence-corrected chi connectivity index (χ2v) is 5.11. The third-order valence-electron chi connectivity index (χ3n) is 3.56. The summed E-state index contributed by atoms with van der Waals surface area (Å²) in [6, 6.07) is 18.7. The first-order valence-corrected chi connectivity index (χ1v) is 7.06. The monoisotopic (exact) mass is 289 g/mol. The Kier molecular flexibility index (Phi) is 3.71. The molecule has 2 amide bonds. The van der Waals surface area contributed by atoms with Gasteiger partial charge in [0.15, 0.2) is 0 Å². The molecule has 22 heavy (non-hydrogen) atoms. The Hall–Kier alpha value is -2.94. The van der Waals surface area contributed by atoms with Gasteiger partial charge in [-0.15, -0.1) is 0 Å². The summed E-state index contributed by atoms with van der Waals surface area (Å²) in [5.41, 5.74) is 2.98. The van der Waals surface area contributed by atoms with Crippen LogP contribution in [0.5, 0.6) is 0 Å². The van der Waals surface area contributed by atoms with Crippen LogP contribution in [0.25, 0.3) is 5.57 Å². The maximum absolute atomic E-state index is 12.5. The van der Waals surface area contributed by atoms with Gasteiger partial charge in [-0.1, -0.05) is 48.5 Å². The van der Waals surface area contributed by atoms with Gasteiger partial charge in [0, 0.05) is 11.6 Å². The van der Waals surface area contributed by atoms with Crippen molar-refractivity contribution < 1.29 is 9.59 Å². The van der Waals surface area contributed by atoms with Crippen molar-refractivity contribution in [2.24, 2.45) is 0 Å². The quantitative estimate of drug-likeness (QED) is 0.810. The van der Waals surface area contributed by atoms with Gasteiger partial charge in [0.05, 0.1) is 5.69 Å². The number of benzene rings is 2. The van der Waals surface area contributed by atoms with Crippen LogP contribution in [0, 0.1) is 0 Å². The normalized spacial score (nSPS) is 15.2. The molecule has 3 heteroatoms. The van der Waals surface area contributed by atoms with Crippen LogP contribution in [-0.4, -0.2) is 11.8 Å². The third-order valence-corrected chi connectivity index (χ3v) is 3.56. The van der Waals surface area contributed by atoms with E-state index < -0.39 is 0 Å². The van der Waals surface area contributed by atoms with Gasteiger partial charge in [0.25, 0.3) is 11.8 Å². The Morgan fingerprint density at radius 3 is 2.14 bits per heavy atom. The zero-order valence-electron chi connectivity index (χ0n) is 12.2. The summed E-state index contributed by atoms with van der Waals surface area (Å²) in [6.07, 6.45) is 3.15. The third kappa shape index (κ3) is 2.61. The van der Waals surface area contributed by atoms with Crippen molar-refractivity contribution in [3.8, 4) is 0 Å². The minimum Gasteiger partial charge on any atom is -0.269 e. The number of imide groups is 1. The van der Waals surface area contributed by atoms with Crippen molar-refractivity contribution in [3.63, 3.8) is 0 Å². The first-order chi connectivity index (χ1) is 10.7. The first kappa shape index (κ1) is 14.0. The molecule has 1 aliphatic heterocycles. The highest BCUT2D eigenvalue weighted by Gasteiger charge is 2.31. The first-order valence-electron chi connectivity index (χ1n) is 7.06. The molecule has 0 bridgehead atoms. The van der Waals surface area contributed by atoms with Crippen molar-refractivity contribution in [1.82, 2.24) is 0 Å². The molecule has 0 saturated heterocycles. The molecule has 0 fully saturated rings. The SMILES string of the molecule is CC(=CC1=CC(=O)N(c2ccccc2)C1=O)c1ccccc1. The molecule has 0 atom stereocenters. The molecule has 2 aromatic carbocycles. The van der Waals surface area contributed by atoms with Crippen LogP contribution in [0.1, 0.15) is 12.5 Å². The van der Waals surface area contributed by atoms with E-state index in [1.807, 2.05) is 43.3 Å². The standard InChI is InChI=1S/C19H15NO2/c1-14(15-8-4-2-5-9-15)12-16-13-18(21)20(19(16)22)17-10-6-3-7-11-17/h2-13H,1H3. The molecule has 0 aliphatic carbocycles. The van der Waals surface area contributed by atoms with E-state index in [0.717, 1.165) is 11.1 Å². The van der Waals surface area contributed by atoms with Gasteiger partial charge in [-0.05, 0) is 36.3 Å². The van der Waals surface area contributed by atoms with E-state index in [9.17, 15) is 9.59 Å². The second-order valence-electron chi connectivity index (χ2n) is 5.11. The van der Waals surface area contributed by atoms with E-state index in [1.54, 1.807) is 30.3 Å². The topological polar surface area (TPSA) is 37.4 Å². The maximum atomic E-state index is 12.5. The highest BCUT2D eigenvalue weighted by Crippen LogP contribution is 2.25. The number of amides is 2. The minimum absolute atomic E-state index is 0.286. The highest BCUT2D eigenvalue weighted by molar-refractivity contribution is 6.31. The van der Waals surface area contributed by atoms with Gasteiger partial charge in [-0.25, -0.2) is 4.90 Å². The van der Waals surface area contributed by atoms with Crippen LogP contribution in [0.15, 0.2) is 78.4 Å². The fourth-order valence-corrected chi connectivity index (χ4v) is 2.43. The number of hydrogen-bond donors (Lipinski definition) is 0. The number of allylic oxidation sites excluding steroid dienone is 1. The van der Waals surface area contributed by atoms with Crippen molar-refractivity contribution in [2.75, 3.05) is 4.90 Å². The van der Waals surface area contributed by atoms with E-state index in [2.05, 4.69) is 0 Å². The number of nitrogens with zero attached hydrogens (tertiary/aromatic N) is 1. The average molecular weight is 289 g/mol. The number of rotatable bonds is 3. The van der Waals surface area contributed by atoms with Gasteiger partial charge < -0.3 is 0 Å². The average Bonchev–Trinajstić information content (AvgIpc) is 2.83. The predicted molar refractivity (Wildman–Crippen MR) is 87.1 cm³/mol. The molecule has 108 valence electrons. The van der Waals surface area contributed by atoms with Gasteiger partial charge >= 0.3 is 0 Å². The van der Waals surface area contributed by atoms with Gasteiger partial charge in [0.1, 0.15) is 0 Å². The van der Waals surface area contributed by atoms with Crippen LogP contribution < -0.4 is 4.90 Å². The number of hydrogen-bond acceptors (Lipinski definition) is 2. The molecule has 2 aromatic rings. The molecular formula is C19H15NO2. The number of carbonyl (C=O) groups is 2. The summed E-state index contributed by atoms with van der Waals surface area (Å²) >= 11 is 0. The maximum Gasteiger partial charge on any atom is 0.265 e. The van der Waals surface area contributed by atoms with E-state index in [-0.39, 0.29) is 11.8 Å². The number of anilines is 1. The molecule has 3 nitrogen and oxygen atoms in total. The molecule has 0 saturated carbocycles. The summed E-state index contributed by atoms with van der Waals surface area (Å²) in [5, 5.41) is 0. The van der Waals surface area contributed by atoms with E-state index in [4.69, 9.17) is 0 Å². The van der Waals surface area contributed by atoms with Crippen molar-refractivity contribution in [3.05, 3.63) is 84.0 Å². The van der Waals surface area contributed by atoms with E-state index in [1.165, 1.54) is 11.0 Å². The summed E-state index contributed by atoms with van der Waals surface area (Å²) in [4.78, 5) is 25.8. The Balaban J connectivity index is 1.90. The largest absolute Gasteiger partial charge is 0.269 e. The lowest BCUT2D eigenvalue weighted by Gasteiger charge is -2.14. The van der Waals surface area contributed by atoms with Crippen LogP contribution in [0.4, 0.5) is 5.69 Å². The van der Waals surface area contributed by atoms with E-state index in [0.29, 0.717) is 11.3 Å². The lowest BCUT2D eigenvalue weighted by atomic mass is 10.0. The Morgan fingerprint density at radius 2 is 1.50 bits per heavy atom. The molecule has 0 N–H and O–H groups in total. The van der Waals surface area contributed by atoms with Crippen molar-refractivity contribution in [1.29, 1.82) is 0 Å². The lowest BCUT2D eigenvalue weighted by Crippen LogP contribution is -2.30. The molecule has 0 unspecified atom stereocenters. The van der Waals surface area contributed by atoms with Crippen LogP contribution in [0.3, 0.4) is 0 Å². The summed E-state index contributed by atoms with van der Waals surface area (Å²) in [5.74, 6) is -0.588. The minimum atomic E-state index is -0.302. The Bertz CT molecular complexity index is 774. The van der Waals surface area contributed by atoms with Gasteiger partial charge in [-0.2, -0.15) is 0 Å². The van der Waals surface area contributed by atoms with Gasteiger partial charge in [0.2, 0.25) is 0 Å². The Labute approximate surface area is 129 Å². The highest BCUT2D eigenvalue weighted by atomic mass is 16.2. The molecule has 0 radical (unpaired) electrons. The number of carbonyl (C=O) groups excluding carboxylic acids is 2. The van der Waals surface area contributed by atoms with Crippen molar-refractivity contribution in [2.45, 2.75) is 6.92 Å². The van der Waals surface area contributed by atoms with Crippen molar-refractivity contribution >= 4 is 23.1 Å². The van der Waals surface area contributed by atoms with Crippen LogP contribution in [0.2, 0.25) is 0 Å². The second kappa shape index (κ2) is 5.82. The fraction of sp³-hybridized carbons (Fsp3) is 0.0526. The summed E-state index contributed by atoms with van der Waals surface area (Å²) in [7, 11) is 0. The molecule has 0 spiro atoms. The van der Waals surface area contributed by atoms with Crippen LogP contribution in [-0.2, 0) is 9.59 Å². The smallest absolute Gasteiger partial charge is 0.265 e. The number of para-hydroxylation sites is 1. The molecule has 3 rings (SSSR count). The predicted octanol–water partition coefficient (Wildman–Crippen LogP) is 3.59. The molecule has 1 heterocycles. The molecule has 0 aromatic heterocycles. The van der Waals surface area contributed by atoms with Crippen LogP contribution >= 0.6 is 0 Å². The van der Waals surface area contributed by atoms with E-state index >= 15 is 0 Å². The summed E-state index contributed by atoms with van der Waals surface area (Å²) < 4.78 is 0. The zero-order chi connectivity index (χ0) is 15.5. The molecular weight excluding hydrogens is 274 g/mol. The zero-order valence-corrected chi connectivity index (χ0v) is 12.2. The molecule has 1 aliphatic rings.